The van der Waals surface area contributed by atoms with Gasteiger partial charge in [0.1, 0.15) is 5.76 Å². The standard InChI is InChI=1S/C8H10N4O3S/c1-6-2-7(12-15-6)3-11-16(13,14)8-4-9-5-10-8/h2,4-5,11H,3H2,1H3,(H,9,10). The maximum Gasteiger partial charge on any atom is 0.257 e. The zero-order chi connectivity index (χ0) is 11.6. The van der Waals surface area contributed by atoms with Crippen LogP contribution in [0.25, 0.3) is 0 Å². The average molecular weight is 242 g/mol. The van der Waals surface area contributed by atoms with Crippen LogP contribution in [0, 0.1) is 6.92 Å². The Kier molecular flexibility index (Phi) is 2.75. The Balaban J connectivity index is 2.06. The molecular formula is C8H10N4O3S. The highest BCUT2D eigenvalue weighted by molar-refractivity contribution is 7.89. The lowest BCUT2D eigenvalue weighted by Gasteiger charge is -2.01. The third-order valence-corrected chi connectivity index (χ3v) is 3.21. The van der Waals surface area contributed by atoms with E-state index >= 15 is 0 Å². The minimum atomic E-state index is -3.56. The normalized spacial score (nSPS) is 11.8. The molecule has 0 aliphatic rings. The maximum absolute atomic E-state index is 11.6. The minimum absolute atomic E-state index is 0.0210. The molecule has 0 unspecified atom stereocenters. The van der Waals surface area contributed by atoms with Crippen LogP contribution in [-0.2, 0) is 16.6 Å². The maximum atomic E-state index is 11.6. The molecule has 2 heterocycles. The van der Waals surface area contributed by atoms with Gasteiger partial charge in [-0.15, -0.1) is 0 Å². The lowest BCUT2D eigenvalue weighted by atomic mass is 10.4. The summed E-state index contributed by atoms with van der Waals surface area (Å²) in [7, 11) is -3.56. The fourth-order valence-corrected chi connectivity index (χ4v) is 2.04. The minimum Gasteiger partial charge on any atom is -0.361 e. The van der Waals surface area contributed by atoms with E-state index in [9.17, 15) is 8.42 Å². The van der Waals surface area contributed by atoms with Gasteiger partial charge in [0.25, 0.3) is 10.0 Å². The molecule has 0 saturated carbocycles. The van der Waals surface area contributed by atoms with Gasteiger partial charge in [0.05, 0.1) is 24.8 Å². The Hall–Kier alpha value is -1.67. The van der Waals surface area contributed by atoms with Gasteiger partial charge in [-0.3, -0.25) is 0 Å². The molecule has 2 aromatic heterocycles. The molecule has 2 rings (SSSR count). The van der Waals surface area contributed by atoms with Gasteiger partial charge >= 0.3 is 0 Å². The summed E-state index contributed by atoms with van der Waals surface area (Å²) in [6, 6.07) is 1.66. The molecule has 2 N–H and O–H groups in total. The molecular weight excluding hydrogens is 232 g/mol. The van der Waals surface area contributed by atoms with Crippen molar-refractivity contribution in [3.8, 4) is 0 Å². The van der Waals surface area contributed by atoms with Gasteiger partial charge < -0.3 is 9.51 Å². The number of hydrogen-bond donors (Lipinski definition) is 2. The predicted molar refractivity (Wildman–Crippen MR) is 53.9 cm³/mol. The topological polar surface area (TPSA) is 101 Å². The largest absolute Gasteiger partial charge is 0.361 e. The smallest absolute Gasteiger partial charge is 0.257 e. The summed E-state index contributed by atoms with van der Waals surface area (Å²) in [5.41, 5.74) is 0.528. The van der Waals surface area contributed by atoms with Crippen molar-refractivity contribution in [2.24, 2.45) is 0 Å². The van der Waals surface area contributed by atoms with Gasteiger partial charge in [0.2, 0.25) is 0 Å². The van der Waals surface area contributed by atoms with E-state index in [0.717, 1.165) is 0 Å². The van der Waals surface area contributed by atoms with Gasteiger partial charge in [-0.05, 0) is 6.92 Å². The Morgan fingerprint density at radius 1 is 1.56 bits per heavy atom. The van der Waals surface area contributed by atoms with E-state index in [4.69, 9.17) is 4.52 Å². The molecule has 0 bridgehead atoms. The number of aromatic amines is 1. The number of hydrogen-bond acceptors (Lipinski definition) is 5. The summed E-state index contributed by atoms with van der Waals surface area (Å²) in [5, 5.41) is 3.69. The molecule has 0 atom stereocenters. The molecule has 0 amide bonds. The molecule has 0 aromatic carbocycles. The molecule has 0 fully saturated rings. The van der Waals surface area contributed by atoms with E-state index in [1.807, 2.05) is 0 Å². The Bertz CT molecular complexity index is 558. The van der Waals surface area contributed by atoms with Crippen LogP contribution in [0.4, 0.5) is 0 Å². The van der Waals surface area contributed by atoms with Crippen LogP contribution in [0.5, 0.6) is 0 Å². The van der Waals surface area contributed by atoms with Gasteiger partial charge in [-0.25, -0.2) is 18.1 Å². The second kappa shape index (κ2) is 4.06. The Morgan fingerprint density at radius 2 is 2.38 bits per heavy atom. The molecule has 2 aromatic rings. The zero-order valence-corrected chi connectivity index (χ0v) is 9.28. The van der Waals surface area contributed by atoms with Crippen LogP contribution in [0.15, 0.2) is 28.1 Å². The molecule has 0 saturated heterocycles. The van der Waals surface area contributed by atoms with Crippen molar-refractivity contribution in [2.45, 2.75) is 18.5 Å². The van der Waals surface area contributed by atoms with E-state index in [2.05, 4.69) is 19.8 Å². The lowest BCUT2D eigenvalue weighted by molar-refractivity contribution is 0.390. The number of nitrogens with zero attached hydrogens (tertiary/aromatic N) is 2. The first-order chi connectivity index (χ1) is 7.58. The molecule has 0 spiro atoms. The number of imidazole rings is 1. The van der Waals surface area contributed by atoms with Crippen LogP contribution in [-0.4, -0.2) is 23.5 Å². The predicted octanol–water partition coefficient (Wildman–Crippen LogP) is 0.185. The van der Waals surface area contributed by atoms with Crippen molar-refractivity contribution in [3.05, 3.63) is 30.0 Å². The first-order valence-corrected chi connectivity index (χ1v) is 5.96. The van der Waals surface area contributed by atoms with E-state index < -0.39 is 10.0 Å². The van der Waals surface area contributed by atoms with Crippen LogP contribution in [0.3, 0.4) is 0 Å². The average Bonchev–Trinajstić information content (AvgIpc) is 2.85. The molecule has 16 heavy (non-hydrogen) atoms. The lowest BCUT2D eigenvalue weighted by Crippen LogP contribution is -2.23. The van der Waals surface area contributed by atoms with E-state index in [-0.39, 0.29) is 11.6 Å². The van der Waals surface area contributed by atoms with Gasteiger partial charge in [-0.2, -0.15) is 0 Å². The number of aromatic nitrogens is 3. The summed E-state index contributed by atoms with van der Waals surface area (Å²) in [6.07, 6.45) is 2.53. The van der Waals surface area contributed by atoms with Crippen molar-refractivity contribution in [3.63, 3.8) is 0 Å². The SMILES string of the molecule is Cc1cc(CNS(=O)(=O)c2cnc[nH]2)no1. The third-order valence-electron chi connectivity index (χ3n) is 1.88. The summed E-state index contributed by atoms with van der Waals surface area (Å²) >= 11 is 0. The van der Waals surface area contributed by atoms with Crippen molar-refractivity contribution in [1.29, 1.82) is 0 Å². The van der Waals surface area contributed by atoms with Gasteiger partial charge in [0.15, 0.2) is 5.03 Å². The number of rotatable bonds is 4. The highest BCUT2D eigenvalue weighted by Crippen LogP contribution is 2.05. The fraction of sp³-hybridized carbons (Fsp3) is 0.250. The Labute approximate surface area is 91.9 Å². The Morgan fingerprint density at radius 3 is 2.94 bits per heavy atom. The van der Waals surface area contributed by atoms with Gasteiger partial charge in [-0.1, -0.05) is 5.16 Å². The monoisotopic (exact) mass is 242 g/mol. The first-order valence-electron chi connectivity index (χ1n) is 4.48. The molecule has 8 heteroatoms. The van der Waals surface area contributed by atoms with Crippen LogP contribution >= 0.6 is 0 Å². The van der Waals surface area contributed by atoms with E-state index in [1.165, 1.54) is 12.5 Å². The van der Waals surface area contributed by atoms with Crippen molar-refractivity contribution in [1.82, 2.24) is 19.8 Å². The molecule has 86 valence electrons. The highest BCUT2D eigenvalue weighted by Gasteiger charge is 2.15. The zero-order valence-electron chi connectivity index (χ0n) is 8.47. The third kappa shape index (κ3) is 2.28. The second-order valence-corrected chi connectivity index (χ2v) is 4.90. The molecule has 0 aliphatic heterocycles. The van der Waals surface area contributed by atoms with Crippen LogP contribution in [0.2, 0.25) is 0 Å². The number of sulfonamides is 1. The van der Waals surface area contributed by atoms with Crippen LogP contribution in [0.1, 0.15) is 11.5 Å². The van der Waals surface area contributed by atoms with E-state index in [0.29, 0.717) is 11.5 Å². The molecule has 0 aliphatic carbocycles. The molecule has 7 nitrogen and oxygen atoms in total. The highest BCUT2D eigenvalue weighted by atomic mass is 32.2. The number of nitrogens with one attached hydrogen (secondary N) is 2. The quantitative estimate of drug-likeness (QED) is 0.796. The first kappa shape index (κ1) is 10.8. The second-order valence-electron chi connectivity index (χ2n) is 3.17. The van der Waals surface area contributed by atoms with Crippen LogP contribution < -0.4 is 4.72 Å². The van der Waals surface area contributed by atoms with Gasteiger partial charge in [0, 0.05) is 6.07 Å². The summed E-state index contributed by atoms with van der Waals surface area (Å²) in [4.78, 5) is 6.15. The van der Waals surface area contributed by atoms with Crippen molar-refractivity contribution >= 4 is 10.0 Å². The van der Waals surface area contributed by atoms with Crippen molar-refractivity contribution in [2.75, 3.05) is 0 Å². The summed E-state index contributed by atoms with van der Waals surface area (Å²) in [6.45, 7) is 1.82. The van der Waals surface area contributed by atoms with Crippen molar-refractivity contribution < 1.29 is 12.9 Å². The summed E-state index contributed by atoms with van der Waals surface area (Å²) in [5.74, 6) is 0.635. The number of H-pyrrole nitrogens is 1. The fourth-order valence-electron chi connectivity index (χ4n) is 1.14. The molecule has 0 radical (unpaired) electrons. The number of aryl methyl sites for hydroxylation is 1. The summed E-state index contributed by atoms with van der Waals surface area (Å²) < 4.78 is 30.5. The van der Waals surface area contributed by atoms with E-state index in [1.54, 1.807) is 13.0 Å².